The lowest BCUT2D eigenvalue weighted by Gasteiger charge is -2.16. The van der Waals surface area contributed by atoms with E-state index in [2.05, 4.69) is 24.6 Å². The summed E-state index contributed by atoms with van der Waals surface area (Å²) in [6, 6.07) is 3.75. The van der Waals surface area contributed by atoms with E-state index in [1.54, 1.807) is 13.0 Å². The van der Waals surface area contributed by atoms with Crippen molar-refractivity contribution in [2.45, 2.75) is 45.1 Å². The predicted molar refractivity (Wildman–Crippen MR) is 103 cm³/mol. The Morgan fingerprint density at radius 1 is 1.04 bits per heavy atom. The first kappa shape index (κ1) is 19.5. The Morgan fingerprint density at radius 2 is 1.70 bits per heavy atom. The van der Waals surface area contributed by atoms with Crippen LogP contribution < -0.4 is 14.4 Å². The van der Waals surface area contributed by atoms with Gasteiger partial charge in [0.05, 0.1) is 18.6 Å². The molecule has 0 bridgehead atoms. The minimum atomic E-state index is -3.68. The molecule has 2 heterocycles. The van der Waals surface area contributed by atoms with Crippen molar-refractivity contribution in [1.29, 1.82) is 0 Å². The van der Waals surface area contributed by atoms with Crippen LogP contribution in [-0.2, 0) is 16.6 Å². The molecule has 1 fully saturated rings. The van der Waals surface area contributed by atoms with Gasteiger partial charge in [0.2, 0.25) is 16.0 Å². The molecular formula is C18H25N5O3S. The minimum absolute atomic E-state index is 0.0333. The van der Waals surface area contributed by atoms with E-state index in [0.717, 1.165) is 37.1 Å². The standard InChI is InChI=1S/C18H25N5O3S/c1-12-9-14(3)15(10-13(12)2)27(24,25)19-11-16-20-17(22-18(21-16)26-4)23-7-5-6-8-23/h9-10,19H,5-8,11H2,1-4H3. The van der Waals surface area contributed by atoms with Crippen LogP contribution in [0.2, 0.25) is 0 Å². The molecule has 0 spiro atoms. The summed E-state index contributed by atoms with van der Waals surface area (Å²) in [5.74, 6) is 0.852. The molecule has 1 N–H and O–H groups in total. The summed E-state index contributed by atoms with van der Waals surface area (Å²) in [6.07, 6.45) is 2.17. The summed E-state index contributed by atoms with van der Waals surface area (Å²) in [5.41, 5.74) is 2.69. The zero-order valence-corrected chi connectivity index (χ0v) is 16.9. The van der Waals surface area contributed by atoms with E-state index in [-0.39, 0.29) is 17.5 Å². The van der Waals surface area contributed by atoms with Crippen molar-refractivity contribution in [3.8, 4) is 6.01 Å². The predicted octanol–water partition coefficient (Wildman–Crippen LogP) is 1.88. The first-order valence-corrected chi connectivity index (χ1v) is 10.4. The fourth-order valence-electron chi connectivity index (χ4n) is 3.08. The highest BCUT2D eigenvalue weighted by atomic mass is 32.2. The number of rotatable bonds is 6. The third-order valence-corrected chi connectivity index (χ3v) is 6.27. The topological polar surface area (TPSA) is 97.3 Å². The molecule has 0 atom stereocenters. The van der Waals surface area contributed by atoms with Gasteiger partial charge in [-0.05, 0) is 56.4 Å². The van der Waals surface area contributed by atoms with Gasteiger partial charge in [-0.1, -0.05) is 6.07 Å². The highest BCUT2D eigenvalue weighted by molar-refractivity contribution is 7.89. The molecule has 0 amide bonds. The molecule has 1 saturated heterocycles. The van der Waals surface area contributed by atoms with Gasteiger partial charge in [-0.3, -0.25) is 0 Å². The molecule has 1 aromatic carbocycles. The van der Waals surface area contributed by atoms with Gasteiger partial charge in [-0.25, -0.2) is 13.1 Å². The summed E-state index contributed by atoms with van der Waals surface area (Å²) in [4.78, 5) is 15.2. The normalized spacial score (nSPS) is 14.6. The second-order valence-electron chi connectivity index (χ2n) is 6.76. The highest BCUT2D eigenvalue weighted by Gasteiger charge is 2.21. The first-order chi connectivity index (χ1) is 12.8. The zero-order chi connectivity index (χ0) is 19.6. The Balaban J connectivity index is 1.83. The van der Waals surface area contributed by atoms with Gasteiger partial charge >= 0.3 is 6.01 Å². The SMILES string of the molecule is COc1nc(CNS(=O)(=O)c2cc(C)c(C)cc2C)nc(N2CCCC2)n1. The molecule has 0 radical (unpaired) electrons. The Kier molecular flexibility index (Phi) is 5.61. The summed E-state index contributed by atoms with van der Waals surface area (Å²) in [6.45, 7) is 7.36. The average molecular weight is 391 g/mol. The summed E-state index contributed by atoms with van der Waals surface area (Å²) < 4.78 is 33.3. The van der Waals surface area contributed by atoms with Crippen LogP contribution in [0.3, 0.4) is 0 Å². The summed E-state index contributed by atoms with van der Waals surface area (Å²) in [7, 11) is -2.20. The number of hydrogen-bond acceptors (Lipinski definition) is 7. The molecule has 8 nitrogen and oxygen atoms in total. The van der Waals surface area contributed by atoms with Crippen molar-refractivity contribution in [2.75, 3.05) is 25.1 Å². The molecule has 3 rings (SSSR count). The summed E-state index contributed by atoms with van der Waals surface area (Å²) >= 11 is 0. The maximum absolute atomic E-state index is 12.8. The van der Waals surface area contributed by atoms with Crippen LogP contribution in [0.1, 0.15) is 35.4 Å². The van der Waals surface area contributed by atoms with Crippen LogP contribution in [0.25, 0.3) is 0 Å². The monoisotopic (exact) mass is 391 g/mol. The second-order valence-corrected chi connectivity index (χ2v) is 8.49. The number of aryl methyl sites for hydroxylation is 3. The lowest BCUT2D eigenvalue weighted by molar-refractivity contribution is 0.375. The second kappa shape index (κ2) is 7.77. The quantitative estimate of drug-likeness (QED) is 0.803. The minimum Gasteiger partial charge on any atom is -0.467 e. The molecule has 0 unspecified atom stereocenters. The van der Waals surface area contributed by atoms with E-state index in [9.17, 15) is 8.42 Å². The first-order valence-electron chi connectivity index (χ1n) is 8.91. The average Bonchev–Trinajstić information content (AvgIpc) is 3.17. The highest BCUT2D eigenvalue weighted by Crippen LogP contribution is 2.21. The van der Waals surface area contributed by atoms with Crippen molar-refractivity contribution in [2.24, 2.45) is 0 Å². The van der Waals surface area contributed by atoms with Gasteiger partial charge in [-0.15, -0.1) is 0 Å². The van der Waals surface area contributed by atoms with Crippen LogP contribution in [0.15, 0.2) is 17.0 Å². The number of hydrogen-bond donors (Lipinski definition) is 1. The van der Waals surface area contributed by atoms with Crippen LogP contribution in [-0.4, -0.2) is 43.6 Å². The van der Waals surface area contributed by atoms with Crippen molar-refractivity contribution in [3.05, 3.63) is 34.6 Å². The molecule has 0 aliphatic carbocycles. The number of anilines is 1. The van der Waals surface area contributed by atoms with Crippen molar-refractivity contribution in [3.63, 3.8) is 0 Å². The Labute approximate surface area is 160 Å². The number of methoxy groups -OCH3 is 1. The van der Waals surface area contributed by atoms with E-state index in [1.807, 2.05) is 19.9 Å². The van der Waals surface area contributed by atoms with Crippen LogP contribution in [0.5, 0.6) is 6.01 Å². The molecule has 1 aromatic heterocycles. The molecule has 1 aliphatic heterocycles. The molecule has 27 heavy (non-hydrogen) atoms. The maximum atomic E-state index is 12.8. The molecule has 146 valence electrons. The largest absolute Gasteiger partial charge is 0.467 e. The number of benzene rings is 1. The van der Waals surface area contributed by atoms with Gasteiger partial charge < -0.3 is 9.64 Å². The van der Waals surface area contributed by atoms with Gasteiger partial charge in [0.15, 0.2) is 5.82 Å². The molecule has 9 heteroatoms. The number of sulfonamides is 1. The summed E-state index contributed by atoms with van der Waals surface area (Å²) in [5, 5.41) is 0. The van der Waals surface area contributed by atoms with E-state index < -0.39 is 10.0 Å². The lowest BCUT2D eigenvalue weighted by Crippen LogP contribution is -2.27. The van der Waals surface area contributed by atoms with Crippen LogP contribution in [0.4, 0.5) is 5.95 Å². The Morgan fingerprint density at radius 3 is 2.37 bits per heavy atom. The number of ether oxygens (including phenoxy) is 1. The maximum Gasteiger partial charge on any atom is 0.321 e. The van der Waals surface area contributed by atoms with Gasteiger partial charge in [0.25, 0.3) is 0 Å². The third-order valence-electron chi connectivity index (χ3n) is 4.72. The molecular weight excluding hydrogens is 366 g/mol. The van der Waals surface area contributed by atoms with Crippen molar-refractivity contribution >= 4 is 16.0 Å². The molecule has 1 aliphatic rings. The third kappa shape index (κ3) is 4.36. The van der Waals surface area contributed by atoms with E-state index in [1.165, 1.54) is 7.11 Å². The Bertz CT molecular complexity index is 940. The van der Waals surface area contributed by atoms with E-state index in [0.29, 0.717) is 17.3 Å². The van der Waals surface area contributed by atoms with Crippen molar-refractivity contribution in [1.82, 2.24) is 19.7 Å². The van der Waals surface area contributed by atoms with Gasteiger partial charge in [-0.2, -0.15) is 15.0 Å². The van der Waals surface area contributed by atoms with E-state index in [4.69, 9.17) is 4.74 Å². The zero-order valence-electron chi connectivity index (χ0n) is 16.1. The lowest BCUT2D eigenvalue weighted by atomic mass is 10.1. The van der Waals surface area contributed by atoms with Crippen molar-refractivity contribution < 1.29 is 13.2 Å². The number of aromatic nitrogens is 3. The number of nitrogens with one attached hydrogen (secondary N) is 1. The molecule has 2 aromatic rings. The van der Waals surface area contributed by atoms with Crippen LogP contribution >= 0.6 is 0 Å². The van der Waals surface area contributed by atoms with Gasteiger partial charge in [0, 0.05) is 13.1 Å². The molecule has 0 saturated carbocycles. The fraction of sp³-hybridized carbons (Fsp3) is 0.500. The smallest absolute Gasteiger partial charge is 0.321 e. The number of nitrogens with zero attached hydrogens (tertiary/aromatic N) is 4. The van der Waals surface area contributed by atoms with Crippen LogP contribution in [0, 0.1) is 20.8 Å². The Hall–Kier alpha value is -2.26. The fourth-order valence-corrected chi connectivity index (χ4v) is 4.37. The van der Waals surface area contributed by atoms with Gasteiger partial charge in [0.1, 0.15) is 0 Å². The van der Waals surface area contributed by atoms with E-state index >= 15 is 0 Å².